The summed E-state index contributed by atoms with van der Waals surface area (Å²) in [6.45, 7) is 6.26. The Kier molecular flexibility index (Phi) is 6.91. The number of nitrogens with one attached hydrogen (secondary N) is 2. The number of primary amides is 1. The number of ether oxygens (including phenoxy) is 1. The van der Waals surface area contributed by atoms with Crippen molar-refractivity contribution in [3.8, 4) is 5.75 Å². The van der Waals surface area contributed by atoms with Gasteiger partial charge >= 0.3 is 6.03 Å². The monoisotopic (exact) mass is 403 g/mol. The number of anilines is 1. The standard InChI is InChI=1S/C21H26ClN3O3/c1-21(2,3)13-9-10-18(28-4)17(11-13)24-19(26)12-16(25-20(23)27)14-7-5-6-8-15(14)22/h5-11,16H,12H2,1-4H3,(H,24,26)(H3,23,25,27)/t16-/m0/s1. The van der Waals surface area contributed by atoms with Gasteiger partial charge in [0.05, 0.1) is 25.3 Å². The Balaban J connectivity index is 2.25. The lowest BCUT2D eigenvalue weighted by molar-refractivity contribution is -0.116. The molecular formula is C21H26ClN3O3. The van der Waals surface area contributed by atoms with E-state index in [0.29, 0.717) is 22.0 Å². The molecular weight excluding hydrogens is 378 g/mol. The van der Waals surface area contributed by atoms with Crippen LogP contribution in [0.5, 0.6) is 5.75 Å². The zero-order valence-electron chi connectivity index (χ0n) is 16.5. The van der Waals surface area contributed by atoms with E-state index in [0.717, 1.165) is 5.56 Å². The second-order valence-corrected chi connectivity index (χ2v) is 7.91. The van der Waals surface area contributed by atoms with Crippen LogP contribution in [-0.4, -0.2) is 19.0 Å². The number of benzene rings is 2. The second kappa shape index (κ2) is 8.97. The number of carbonyl (C=O) groups excluding carboxylic acids is 2. The van der Waals surface area contributed by atoms with Crippen molar-refractivity contribution in [2.45, 2.75) is 38.6 Å². The maximum atomic E-state index is 12.7. The number of nitrogens with two attached hydrogens (primary N) is 1. The van der Waals surface area contributed by atoms with E-state index >= 15 is 0 Å². The van der Waals surface area contributed by atoms with Crippen molar-refractivity contribution < 1.29 is 14.3 Å². The Labute approximate surface area is 170 Å². The highest BCUT2D eigenvalue weighted by atomic mass is 35.5. The van der Waals surface area contributed by atoms with Crippen LogP contribution >= 0.6 is 11.6 Å². The molecule has 28 heavy (non-hydrogen) atoms. The van der Waals surface area contributed by atoms with Gasteiger partial charge in [0.1, 0.15) is 5.75 Å². The molecule has 150 valence electrons. The molecule has 0 radical (unpaired) electrons. The Morgan fingerprint density at radius 3 is 2.43 bits per heavy atom. The Morgan fingerprint density at radius 2 is 1.86 bits per heavy atom. The molecule has 0 fully saturated rings. The predicted molar refractivity (Wildman–Crippen MR) is 112 cm³/mol. The molecule has 0 unspecified atom stereocenters. The molecule has 0 aromatic heterocycles. The molecule has 0 saturated carbocycles. The van der Waals surface area contributed by atoms with Gasteiger partial charge in [-0.1, -0.05) is 56.6 Å². The van der Waals surface area contributed by atoms with Crippen LogP contribution in [0.1, 0.15) is 44.4 Å². The lowest BCUT2D eigenvalue weighted by Crippen LogP contribution is -2.35. The summed E-state index contributed by atoms with van der Waals surface area (Å²) in [7, 11) is 1.54. The molecule has 2 aromatic carbocycles. The van der Waals surface area contributed by atoms with Crippen LogP contribution in [0.2, 0.25) is 5.02 Å². The van der Waals surface area contributed by atoms with Crippen molar-refractivity contribution in [3.05, 3.63) is 58.6 Å². The maximum Gasteiger partial charge on any atom is 0.312 e. The molecule has 0 aliphatic carbocycles. The second-order valence-electron chi connectivity index (χ2n) is 7.50. The predicted octanol–water partition coefficient (Wildman–Crippen LogP) is 4.38. The van der Waals surface area contributed by atoms with Crippen LogP contribution in [0.25, 0.3) is 0 Å². The number of methoxy groups -OCH3 is 1. The fourth-order valence-electron chi connectivity index (χ4n) is 2.83. The molecule has 0 spiro atoms. The summed E-state index contributed by atoms with van der Waals surface area (Å²) in [6, 6.07) is 11.3. The van der Waals surface area contributed by atoms with Gasteiger partial charge in [-0.2, -0.15) is 0 Å². The van der Waals surface area contributed by atoms with Crippen LogP contribution in [0.15, 0.2) is 42.5 Å². The Hall–Kier alpha value is -2.73. The minimum absolute atomic E-state index is 0.0322. The average molecular weight is 404 g/mol. The first-order valence-electron chi connectivity index (χ1n) is 8.90. The van der Waals surface area contributed by atoms with Crippen LogP contribution < -0.4 is 21.1 Å². The van der Waals surface area contributed by atoms with E-state index in [1.54, 1.807) is 31.4 Å². The first-order valence-corrected chi connectivity index (χ1v) is 9.28. The molecule has 4 N–H and O–H groups in total. The normalized spacial score (nSPS) is 12.2. The Bertz CT molecular complexity index is 862. The third-order valence-corrected chi connectivity index (χ3v) is 4.67. The van der Waals surface area contributed by atoms with Crippen molar-refractivity contribution in [2.24, 2.45) is 5.73 Å². The summed E-state index contributed by atoms with van der Waals surface area (Å²) < 4.78 is 5.36. The quantitative estimate of drug-likeness (QED) is 0.667. The molecule has 0 bridgehead atoms. The van der Waals surface area contributed by atoms with Crippen molar-refractivity contribution >= 4 is 29.2 Å². The van der Waals surface area contributed by atoms with E-state index in [9.17, 15) is 9.59 Å². The number of rotatable bonds is 6. The lowest BCUT2D eigenvalue weighted by Gasteiger charge is -2.22. The van der Waals surface area contributed by atoms with Crippen molar-refractivity contribution in [1.29, 1.82) is 0 Å². The largest absolute Gasteiger partial charge is 0.495 e. The molecule has 0 aliphatic rings. The summed E-state index contributed by atoms with van der Waals surface area (Å²) in [5, 5.41) is 5.89. The van der Waals surface area contributed by atoms with Gasteiger partial charge in [0.15, 0.2) is 0 Å². The third-order valence-electron chi connectivity index (χ3n) is 4.33. The highest BCUT2D eigenvalue weighted by Crippen LogP contribution is 2.32. The van der Waals surface area contributed by atoms with E-state index in [2.05, 4.69) is 31.4 Å². The van der Waals surface area contributed by atoms with E-state index in [-0.39, 0.29) is 17.7 Å². The number of carbonyl (C=O) groups is 2. The van der Waals surface area contributed by atoms with Gasteiger partial charge in [-0.25, -0.2) is 4.79 Å². The van der Waals surface area contributed by atoms with Crippen LogP contribution in [0.4, 0.5) is 10.5 Å². The van der Waals surface area contributed by atoms with Gasteiger partial charge in [-0.3, -0.25) is 4.79 Å². The van der Waals surface area contributed by atoms with Gasteiger partial charge in [-0.05, 0) is 34.7 Å². The first kappa shape index (κ1) is 21.6. The molecule has 0 heterocycles. The molecule has 0 saturated heterocycles. The van der Waals surface area contributed by atoms with Crippen molar-refractivity contribution in [1.82, 2.24) is 5.32 Å². The zero-order valence-corrected chi connectivity index (χ0v) is 17.3. The van der Waals surface area contributed by atoms with E-state index in [4.69, 9.17) is 22.1 Å². The number of halogens is 1. The fourth-order valence-corrected chi connectivity index (χ4v) is 3.09. The number of amides is 3. The number of hydrogen-bond acceptors (Lipinski definition) is 3. The minimum atomic E-state index is -0.731. The number of urea groups is 1. The smallest absolute Gasteiger partial charge is 0.312 e. The summed E-state index contributed by atoms with van der Waals surface area (Å²) in [4.78, 5) is 24.1. The first-order chi connectivity index (χ1) is 13.1. The van der Waals surface area contributed by atoms with E-state index in [1.807, 2.05) is 18.2 Å². The van der Waals surface area contributed by atoms with Crippen molar-refractivity contribution in [2.75, 3.05) is 12.4 Å². The summed E-state index contributed by atoms with van der Waals surface area (Å²) in [6.07, 6.45) is -0.0322. The zero-order chi connectivity index (χ0) is 20.9. The Morgan fingerprint density at radius 1 is 1.18 bits per heavy atom. The van der Waals surface area contributed by atoms with Crippen LogP contribution in [0.3, 0.4) is 0 Å². The van der Waals surface area contributed by atoms with Gasteiger partial charge < -0.3 is 21.1 Å². The molecule has 7 heteroatoms. The third kappa shape index (κ3) is 5.63. The van der Waals surface area contributed by atoms with Crippen molar-refractivity contribution in [3.63, 3.8) is 0 Å². The topological polar surface area (TPSA) is 93.4 Å². The summed E-state index contributed by atoms with van der Waals surface area (Å²) in [5.41, 5.74) is 7.44. The molecule has 1 atom stereocenters. The maximum absolute atomic E-state index is 12.7. The summed E-state index contributed by atoms with van der Waals surface area (Å²) >= 11 is 6.22. The molecule has 2 rings (SSSR count). The lowest BCUT2D eigenvalue weighted by atomic mass is 9.87. The summed E-state index contributed by atoms with van der Waals surface area (Å²) in [5.74, 6) is 0.251. The SMILES string of the molecule is COc1ccc(C(C)(C)C)cc1NC(=O)C[C@H](NC(N)=O)c1ccccc1Cl. The minimum Gasteiger partial charge on any atom is -0.495 e. The van der Waals surface area contributed by atoms with Gasteiger partial charge in [0.25, 0.3) is 0 Å². The highest BCUT2D eigenvalue weighted by Gasteiger charge is 2.21. The van der Waals surface area contributed by atoms with Gasteiger partial charge in [-0.15, -0.1) is 0 Å². The van der Waals surface area contributed by atoms with Gasteiger partial charge in [0, 0.05) is 5.02 Å². The highest BCUT2D eigenvalue weighted by molar-refractivity contribution is 6.31. The number of hydrogen-bond donors (Lipinski definition) is 3. The van der Waals surface area contributed by atoms with E-state index < -0.39 is 12.1 Å². The fraction of sp³-hybridized carbons (Fsp3) is 0.333. The molecule has 0 aliphatic heterocycles. The van der Waals surface area contributed by atoms with Crippen LogP contribution in [0, 0.1) is 0 Å². The van der Waals surface area contributed by atoms with E-state index in [1.165, 1.54) is 0 Å². The molecule has 3 amide bonds. The van der Waals surface area contributed by atoms with Crippen LogP contribution in [-0.2, 0) is 10.2 Å². The molecule has 6 nitrogen and oxygen atoms in total. The van der Waals surface area contributed by atoms with Gasteiger partial charge in [0.2, 0.25) is 5.91 Å². The average Bonchev–Trinajstić information content (AvgIpc) is 2.60. The molecule has 2 aromatic rings.